The summed E-state index contributed by atoms with van der Waals surface area (Å²) in [6, 6.07) is 6.42. The molecular formula is C15H17FN4O. The number of hydrogen-bond donors (Lipinski definition) is 2. The molecule has 2 heterocycles. The summed E-state index contributed by atoms with van der Waals surface area (Å²) in [5, 5.41) is 3.08. The van der Waals surface area contributed by atoms with E-state index < -0.39 is 5.82 Å². The van der Waals surface area contributed by atoms with Gasteiger partial charge in [-0.1, -0.05) is 6.07 Å². The highest BCUT2D eigenvalue weighted by Gasteiger charge is 2.22. The minimum Gasteiger partial charge on any atom is -0.365 e. The van der Waals surface area contributed by atoms with E-state index in [4.69, 9.17) is 5.73 Å². The third-order valence-electron chi connectivity index (χ3n) is 3.74. The number of halogens is 1. The van der Waals surface area contributed by atoms with Gasteiger partial charge in [-0.2, -0.15) is 0 Å². The Labute approximate surface area is 121 Å². The van der Waals surface area contributed by atoms with E-state index >= 15 is 0 Å². The lowest BCUT2D eigenvalue weighted by molar-refractivity contribution is 0.614. The molecule has 6 heteroatoms. The number of nitrogens with one attached hydrogen (secondary N) is 1. The number of pyridine rings is 2. The molecule has 0 amide bonds. The van der Waals surface area contributed by atoms with Gasteiger partial charge in [-0.15, -0.1) is 0 Å². The van der Waals surface area contributed by atoms with Crippen molar-refractivity contribution in [2.45, 2.75) is 31.3 Å². The summed E-state index contributed by atoms with van der Waals surface area (Å²) in [6.07, 6.45) is 5.75. The average Bonchev–Trinajstić information content (AvgIpc) is 2.87. The Kier molecular flexibility index (Phi) is 3.70. The predicted molar refractivity (Wildman–Crippen MR) is 79.0 cm³/mol. The quantitative estimate of drug-likeness (QED) is 0.901. The standard InChI is InChI=1S/C15H17FN4O/c16-13-8-12(20-6-2-1-3-14(20)21)9-18-15(13)19-11-5-4-10(17)7-11/h1-3,6,8-11H,4-5,7,17H2,(H,18,19)/t10-,11-/m0/s1. The summed E-state index contributed by atoms with van der Waals surface area (Å²) in [5.41, 5.74) is 6.03. The van der Waals surface area contributed by atoms with E-state index in [-0.39, 0.29) is 23.5 Å². The van der Waals surface area contributed by atoms with Gasteiger partial charge in [0, 0.05) is 30.4 Å². The van der Waals surface area contributed by atoms with E-state index in [1.807, 2.05) is 0 Å². The number of hydrogen-bond acceptors (Lipinski definition) is 4. The Morgan fingerprint density at radius 2 is 2.24 bits per heavy atom. The lowest BCUT2D eigenvalue weighted by Gasteiger charge is -2.14. The molecule has 3 rings (SSSR count). The molecule has 0 saturated heterocycles. The second kappa shape index (κ2) is 5.65. The first-order chi connectivity index (χ1) is 10.1. The van der Waals surface area contributed by atoms with Crippen molar-refractivity contribution in [3.8, 4) is 5.69 Å². The summed E-state index contributed by atoms with van der Waals surface area (Å²) in [4.78, 5) is 15.8. The van der Waals surface area contributed by atoms with Crippen LogP contribution in [0.2, 0.25) is 0 Å². The van der Waals surface area contributed by atoms with Crippen LogP contribution in [0.4, 0.5) is 10.2 Å². The number of aromatic nitrogens is 2. The van der Waals surface area contributed by atoms with Gasteiger partial charge in [0.25, 0.3) is 5.56 Å². The van der Waals surface area contributed by atoms with E-state index in [2.05, 4.69) is 10.3 Å². The molecule has 1 aliphatic rings. The van der Waals surface area contributed by atoms with Crippen LogP contribution in [0.5, 0.6) is 0 Å². The third-order valence-corrected chi connectivity index (χ3v) is 3.74. The highest BCUT2D eigenvalue weighted by atomic mass is 19.1. The van der Waals surface area contributed by atoms with E-state index in [1.165, 1.54) is 22.9 Å². The number of nitrogens with two attached hydrogens (primary N) is 1. The van der Waals surface area contributed by atoms with Crippen LogP contribution in [0.1, 0.15) is 19.3 Å². The topological polar surface area (TPSA) is 72.9 Å². The van der Waals surface area contributed by atoms with Crippen LogP contribution in [-0.4, -0.2) is 21.6 Å². The van der Waals surface area contributed by atoms with E-state index in [0.29, 0.717) is 5.69 Å². The monoisotopic (exact) mass is 288 g/mol. The van der Waals surface area contributed by atoms with Gasteiger partial charge in [-0.25, -0.2) is 9.37 Å². The normalized spacial score (nSPS) is 21.4. The molecule has 1 aliphatic carbocycles. The van der Waals surface area contributed by atoms with Gasteiger partial charge >= 0.3 is 0 Å². The van der Waals surface area contributed by atoms with Crippen LogP contribution in [0.25, 0.3) is 5.69 Å². The zero-order chi connectivity index (χ0) is 14.8. The van der Waals surface area contributed by atoms with Crippen molar-refractivity contribution in [2.24, 2.45) is 5.73 Å². The van der Waals surface area contributed by atoms with Gasteiger partial charge in [-0.3, -0.25) is 9.36 Å². The van der Waals surface area contributed by atoms with Gasteiger partial charge in [0.05, 0.1) is 11.9 Å². The van der Waals surface area contributed by atoms with Crippen molar-refractivity contribution in [1.82, 2.24) is 9.55 Å². The van der Waals surface area contributed by atoms with Crippen LogP contribution >= 0.6 is 0 Å². The maximum Gasteiger partial charge on any atom is 0.255 e. The molecule has 0 unspecified atom stereocenters. The lowest BCUT2D eigenvalue weighted by atomic mass is 10.2. The summed E-state index contributed by atoms with van der Waals surface area (Å²) in [6.45, 7) is 0. The molecular weight excluding hydrogens is 271 g/mol. The SMILES string of the molecule is N[C@H]1CC[C@H](Nc2ncc(-n3ccccc3=O)cc2F)C1. The third kappa shape index (κ3) is 2.95. The Balaban J connectivity index is 1.83. The van der Waals surface area contributed by atoms with Crippen molar-refractivity contribution in [3.05, 3.63) is 52.8 Å². The molecule has 5 nitrogen and oxygen atoms in total. The first-order valence-corrected chi connectivity index (χ1v) is 6.99. The molecule has 2 aromatic heterocycles. The van der Waals surface area contributed by atoms with Gasteiger partial charge in [0.2, 0.25) is 0 Å². The average molecular weight is 288 g/mol. The first kappa shape index (κ1) is 13.8. The van der Waals surface area contributed by atoms with Gasteiger partial charge in [0.15, 0.2) is 11.6 Å². The van der Waals surface area contributed by atoms with Crippen molar-refractivity contribution in [3.63, 3.8) is 0 Å². The van der Waals surface area contributed by atoms with E-state index in [9.17, 15) is 9.18 Å². The highest BCUT2D eigenvalue weighted by Crippen LogP contribution is 2.22. The molecule has 0 spiro atoms. The number of anilines is 1. The number of nitrogens with zero attached hydrogens (tertiary/aromatic N) is 2. The molecule has 21 heavy (non-hydrogen) atoms. The fourth-order valence-electron chi connectivity index (χ4n) is 2.65. The zero-order valence-corrected chi connectivity index (χ0v) is 11.5. The molecule has 3 N–H and O–H groups in total. The summed E-state index contributed by atoms with van der Waals surface area (Å²) in [5.74, 6) is -0.259. The lowest BCUT2D eigenvalue weighted by Crippen LogP contribution is -2.22. The van der Waals surface area contributed by atoms with Crippen molar-refractivity contribution >= 4 is 5.82 Å². The van der Waals surface area contributed by atoms with Crippen molar-refractivity contribution < 1.29 is 4.39 Å². The maximum absolute atomic E-state index is 14.1. The smallest absolute Gasteiger partial charge is 0.255 e. The molecule has 110 valence electrons. The first-order valence-electron chi connectivity index (χ1n) is 6.99. The summed E-state index contributed by atoms with van der Waals surface area (Å²) in [7, 11) is 0. The maximum atomic E-state index is 14.1. The van der Waals surface area contributed by atoms with Crippen LogP contribution in [0, 0.1) is 5.82 Å². The largest absolute Gasteiger partial charge is 0.365 e. The molecule has 0 radical (unpaired) electrons. The summed E-state index contributed by atoms with van der Waals surface area (Å²) < 4.78 is 15.5. The molecule has 1 saturated carbocycles. The van der Waals surface area contributed by atoms with Gasteiger partial charge in [-0.05, 0) is 25.3 Å². The molecule has 0 bridgehead atoms. The van der Waals surface area contributed by atoms with Crippen LogP contribution in [-0.2, 0) is 0 Å². The molecule has 0 aromatic carbocycles. The molecule has 1 fully saturated rings. The van der Waals surface area contributed by atoms with Gasteiger partial charge in [0.1, 0.15) is 0 Å². The fraction of sp³-hybridized carbons (Fsp3) is 0.333. The fourth-order valence-corrected chi connectivity index (χ4v) is 2.65. The summed E-state index contributed by atoms with van der Waals surface area (Å²) >= 11 is 0. The highest BCUT2D eigenvalue weighted by molar-refractivity contribution is 5.43. The van der Waals surface area contributed by atoms with Crippen molar-refractivity contribution in [1.29, 1.82) is 0 Å². The van der Waals surface area contributed by atoms with Crippen LogP contribution in [0.15, 0.2) is 41.5 Å². The number of rotatable bonds is 3. The van der Waals surface area contributed by atoms with E-state index in [0.717, 1.165) is 19.3 Å². The predicted octanol–water partition coefficient (Wildman–Crippen LogP) is 1.66. The second-order valence-electron chi connectivity index (χ2n) is 5.35. The van der Waals surface area contributed by atoms with Gasteiger partial charge < -0.3 is 11.1 Å². The van der Waals surface area contributed by atoms with Crippen LogP contribution in [0.3, 0.4) is 0 Å². The van der Waals surface area contributed by atoms with E-state index in [1.54, 1.807) is 18.3 Å². The molecule has 0 aliphatic heterocycles. The molecule has 2 atom stereocenters. The van der Waals surface area contributed by atoms with Crippen LogP contribution < -0.4 is 16.6 Å². The Morgan fingerprint density at radius 3 is 2.90 bits per heavy atom. The van der Waals surface area contributed by atoms with Crippen molar-refractivity contribution in [2.75, 3.05) is 5.32 Å². The minimum absolute atomic E-state index is 0.160. The zero-order valence-electron chi connectivity index (χ0n) is 11.5. The Morgan fingerprint density at radius 1 is 1.38 bits per heavy atom. The minimum atomic E-state index is -0.469. The Bertz CT molecular complexity index is 700. The second-order valence-corrected chi connectivity index (χ2v) is 5.35. The Hall–Kier alpha value is -2.21. The molecule has 2 aromatic rings.